The molecular formula is C12H20N4O2. The zero-order valence-corrected chi connectivity index (χ0v) is 11.4. The van der Waals surface area contributed by atoms with E-state index in [0.717, 1.165) is 11.3 Å². The van der Waals surface area contributed by atoms with Gasteiger partial charge in [-0.05, 0) is 32.3 Å². The van der Waals surface area contributed by atoms with Crippen LogP contribution in [-0.4, -0.2) is 27.3 Å². The van der Waals surface area contributed by atoms with Gasteiger partial charge in [0.05, 0.1) is 17.4 Å². The molecule has 6 heteroatoms. The molecule has 1 aromatic rings. The molecular weight excluding hydrogens is 232 g/mol. The van der Waals surface area contributed by atoms with Crippen LogP contribution in [0.1, 0.15) is 37.6 Å². The number of hydrogen-bond donors (Lipinski definition) is 2. The third kappa shape index (κ3) is 2.88. The van der Waals surface area contributed by atoms with Gasteiger partial charge in [0, 0.05) is 0 Å². The average Bonchev–Trinajstić information content (AvgIpc) is 2.33. The topological polar surface area (TPSA) is 93.6 Å². The molecule has 6 nitrogen and oxygen atoms in total. The molecule has 18 heavy (non-hydrogen) atoms. The molecule has 1 rings (SSSR count). The number of hydrogen-bond acceptors (Lipinski definition) is 5. The number of aromatic nitrogens is 2. The Balaban J connectivity index is 3.23. The monoisotopic (exact) mass is 252 g/mol. The summed E-state index contributed by atoms with van der Waals surface area (Å²) in [5.41, 5.74) is 7.69. The van der Waals surface area contributed by atoms with E-state index < -0.39 is 0 Å². The molecule has 100 valence electrons. The molecule has 0 aliphatic carbocycles. The molecule has 0 aliphatic heterocycles. The summed E-state index contributed by atoms with van der Waals surface area (Å²) in [7, 11) is 0. The van der Waals surface area contributed by atoms with Gasteiger partial charge in [0.25, 0.3) is 0 Å². The molecule has 0 aromatic carbocycles. The molecule has 0 bridgehead atoms. The van der Waals surface area contributed by atoms with E-state index in [-0.39, 0.29) is 11.9 Å². The van der Waals surface area contributed by atoms with Crippen molar-refractivity contribution in [1.82, 2.24) is 10.2 Å². The highest BCUT2D eigenvalue weighted by Crippen LogP contribution is 2.22. The first-order chi connectivity index (χ1) is 8.38. The Morgan fingerprint density at radius 2 is 1.89 bits per heavy atom. The number of oxime groups is 1. The zero-order chi connectivity index (χ0) is 13.9. The van der Waals surface area contributed by atoms with Crippen molar-refractivity contribution in [3.63, 3.8) is 0 Å². The normalized spacial score (nSPS) is 13.8. The molecule has 1 heterocycles. The van der Waals surface area contributed by atoms with E-state index in [2.05, 4.69) is 15.4 Å². The number of rotatable bonds is 4. The Kier molecular flexibility index (Phi) is 4.47. The van der Waals surface area contributed by atoms with Crippen molar-refractivity contribution in [2.45, 2.75) is 40.7 Å². The predicted octanol–water partition coefficient (Wildman–Crippen LogP) is 1.61. The number of amidine groups is 1. The SMILES string of the molecule is Cc1nnc(OC(C)C(C)C)c(C(N)=NO)c1C. The fraction of sp³-hybridized carbons (Fsp3) is 0.583. The molecule has 1 unspecified atom stereocenters. The third-order valence-electron chi connectivity index (χ3n) is 3.02. The van der Waals surface area contributed by atoms with Crippen LogP contribution in [0.5, 0.6) is 5.88 Å². The summed E-state index contributed by atoms with van der Waals surface area (Å²) in [5, 5.41) is 19.8. The lowest BCUT2D eigenvalue weighted by Gasteiger charge is -2.19. The third-order valence-corrected chi connectivity index (χ3v) is 3.02. The lowest BCUT2D eigenvalue weighted by Crippen LogP contribution is -2.24. The summed E-state index contributed by atoms with van der Waals surface area (Å²) < 4.78 is 5.72. The van der Waals surface area contributed by atoms with E-state index in [1.165, 1.54) is 0 Å². The van der Waals surface area contributed by atoms with Gasteiger partial charge >= 0.3 is 0 Å². The van der Waals surface area contributed by atoms with E-state index in [4.69, 9.17) is 15.7 Å². The van der Waals surface area contributed by atoms with Gasteiger partial charge in [-0.25, -0.2) is 0 Å². The van der Waals surface area contributed by atoms with E-state index in [9.17, 15) is 0 Å². The lowest BCUT2D eigenvalue weighted by atomic mass is 10.1. The van der Waals surface area contributed by atoms with Crippen LogP contribution in [0.2, 0.25) is 0 Å². The highest BCUT2D eigenvalue weighted by molar-refractivity contribution is 6.00. The van der Waals surface area contributed by atoms with Gasteiger partial charge in [0.1, 0.15) is 0 Å². The highest BCUT2D eigenvalue weighted by atomic mass is 16.5. The van der Waals surface area contributed by atoms with Crippen molar-refractivity contribution < 1.29 is 9.94 Å². The predicted molar refractivity (Wildman–Crippen MR) is 68.9 cm³/mol. The van der Waals surface area contributed by atoms with E-state index in [1.54, 1.807) is 0 Å². The summed E-state index contributed by atoms with van der Waals surface area (Å²) in [6.07, 6.45) is -0.0355. The van der Waals surface area contributed by atoms with Gasteiger partial charge in [-0.1, -0.05) is 19.0 Å². The van der Waals surface area contributed by atoms with Crippen molar-refractivity contribution >= 4 is 5.84 Å². The smallest absolute Gasteiger partial charge is 0.245 e. The molecule has 1 aromatic heterocycles. The van der Waals surface area contributed by atoms with Gasteiger partial charge in [-0.3, -0.25) is 0 Å². The van der Waals surface area contributed by atoms with Gasteiger partial charge < -0.3 is 15.7 Å². The van der Waals surface area contributed by atoms with Crippen LogP contribution < -0.4 is 10.5 Å². The van der Waals surface area contributed by atoms with Crippen LogP contribution in [0.3, 0.4) is 0 Å². The van der Waals surface area contributed by atoms with Crippen LogP contribution in [0.15, 0.2) is 5.16 Å². The minimum Gasteiger partial charge on any atom is -0.473 e. The molecule has 0 radical (unpaired) electrons. The summed E-state index contributed by atoms with van der Waals surface area (Å²) in [6, 6.07) is 0. The maximum absolute atomic E-state index is 8.83. The summed E-state index contributed by atoms with van der Waals surface area (Å²) in [4.78, 5) is 0. The molecule has 0 spiro atoms. The van der Waals surface area contributed by atoms with Gasteiger partial charge in [0.2, 0.25) is 5.88 Å². The molecule has 0 amide bonds. The van der Waals surface area contributed by atoms with Crippen LogP contribution >= 0.6 is 0 Å². The molecule has 0 saturated heterocycles. The zero-order valence-electron chi connectivity index (χ0n) is 11.4. The average molecular weight is 252 g/mol. The quantitative estimate of drug-likeness (QED) is 0.367. The Hall–Kier alpha value is -1.85. The van der Waals surface area contributed by atoms with Crippen molar-refractivity contribution in [2.24, 2.45) is 16.8 Å². The Morgan fingerprint density at radius 3 is 2.39 bits per heavy atom. The lowest BCUT2D eigenvalue weighted by molar-refractivity contribution is 0.161. The Labute approximate surface area is 107 Å². The van der Waals surface area contributed by atoms with Crippen molar-refractivity contribution in [1.29, 1.82) is 0 Å². The van der Waals surface area contributed by atoms with Crippen molar-refractivity contribution in [3.05, 3.63) is 16.8 Å². The molecule has 0 fully saturated rings. The molecule has 1 atom stereocenters. The second-order valence-corrected chi connectivity index (χ2v) is 4.64. The molecule has 3 N–H and O–H groups in total. The van der Waals surface area contributed by atoms with E-state index in [0.29, 0.717) is 17.4 Å². The Morgan fingerprint density at radius 1 is 1.28 bits per heavy atom. The van der Waals surface area contributed by atoms with Crippen molar-refractivity contribution in [3.8, 4) is 5.88 Å². The van der Waals surface area contributed by atoms with Crippen LogP contribution in [-0.2, 0) is 0 Å². The van der Waals surface area contributed by atoms with E-state index in [1.807, 2.05) is 34.6 Å². The minimum absolute atomic E-state index is 0.0172. The van der Waals surface area contributed by atoms with E-state index >= 15 is 0 Å². The fourth-order valence-corrected chi connectivity index (χ4v) is 1.33. The van der Waals surface area contributed by atoms with Crippen LogP contribution in [0, 0.1) is 19.8 Å². The first kappa shape index (κ1) is 14.2. The first-order valence-electron chi connectivity index (χ1n) is 5.86. The Bertz CT molecular complexity index is 458. The van der Waals surface area contributed by atoms with Gasteiger partial charge in [-0.15, -0.1) is 5.10 Å². The number of nitrogens with two attached hydrogens (primary N) is 1. The highest BCUT2D eigenvalue weighted by Gasteiger charge is 2.19. The molecule has 0 aliphatic rings. The number of nitrogens with zero attached hydrogens (tertiary/aromatic N) is 3. The van der Waals surface area contributed by atoms with Gasteiger partial charge in [-0.2, -0.15) is 5.10 Å². The summed E-state index contributed by atoms with van der Waals surface area (Å²) >= 11 is 0. The largest absolute Gasteiger partial charge is 0.473 e. The van der Waals surface area contributed by atoms with Crippen LogP contribution in [0.25, 0.3) is 0 Å². The standard InChI is InChI=1S/C12H20N4O2/c1-6(2)9(5)18-12-10(11(13)16-17)7(3)8(4)14-15-12/h6,9,17H,1-5H3,(H2,13,16). The number of ether oxygens (including phenoxy) is 1. The second-order valence-electron chi connectivity index (χ2n) is 4.64. The fourth-order valence-electron chi connectivity index (χ4n) is 1.33. The first-order valence-corrected chi connectivity index (χ1v) is 5.86. The second kappa shape index (κ2) is 5.66. The number of aryl methyl sites for hydroxylation is 1. The van der Waals surface area contributed by atoms with Crippen molar-refractivity contribution in [2.75, 3.05) is 0 Å². The maximum atomic E-state index is 8.83. The summed E-state index contributed by atoms with van der Waals surface area (Å²) in [6.45, 7) is 9.68. The van der Waals surface area contributed by atoms with Crippen LogP contribution in [0.4, 0.5) is 0 Å². The maximum Gasteiger partial charge on any atom is 0.245 e. The van der Waals surface area contributed by atoms with Gasteiger partial charge in [0.15, 0.2) is 5.84 Å². The minimum atomic E-state index is -0.0355. The summed E-state index contributed by atoms with van der Waals surface area (Å²) in [5.74, 6) is 0.611. The molecule has 0 saturated carbocycles.